The van der Waals surface area contributed by atoms with Crippen molar-refractivity contribution in [2.45, 2.75) is 18.4 Å². The zero-order valence-corrected chi connectivity index (χ0v) is 18.3. The van der Waals surface area contributed by atoms with E-state index in [9.17, 15) is 22.4 Å². The maximum absolute atomic E-state index is 13.3. The molecule has 0 aliphatic carbocycles. The Morgan fingerprint density at radius 1 is 1.00 bits per heavy atom. The predicted octanol–water partition coefficient (Wildman–Crippen LogP) is 2.52. The van der Waals surface area contributed by atoms with Gasteiger partial charge in [-0.05, 0) is 42.3 Å². The summed E-state index contributed by atoms with van der Waals surface area (Å²) in [4.78, 5) is 27.6. The van der Waals surface area contributed by atoms with Gasteiger partial charge >= 0.3 is 0 Å². The molecule has 4 aromatic rings. The third-order valence-electron chi connectivity index (χ3n) is 4.98. The number of aryl methyl sites for hydroxylation is 1. The standard InChI is InChI=1S/C23H19FN4O4S/c1-15-13-17(24)11-12-20(15)33(31,32)27-25-22(29)21-18-9-5-6-10-19(18)23(30)28(26-21)14-16-7-3-2-4-8-16/h2-13,27H,14H2,1H3,(H,25,29). The van der Waals surface area contributed by atoms with E-state index in [2.05, 4.69) is 10.5 Å². The fourth-order valence-electron chi connectivity index (χ4n) is 3.41. The highest BCUT2D eigenvalue weighted by molar-refractivity contribution is 7.89. The highest BCUT2D eigenvalue weighted by atomic mass is 32.2. The van der Waals surface area contributed by atoms with Crippen LogP contribution in [0.5, 0.6) is 0 Å². The average molecular weight is 466 g/mol. The number of nitrogens with one attached hydrogen (secondary N) is 2. The van der Waals surface area contributed by atoms with Crippen molar-refractivity contribution in [2.24, 2.45) is 0 Å². The number of nitrogens with zero attached hydrogens (tertiary/aromatic N) is 2. The summed E-state index contributed by atoms with van der Waals surface area (Å²) in [5.74, 6) is -1.43. The fourth-order valence-corrected chi connectivity index (χ4v) is 4.48. The largest absolute Gasteiger partial charge is 0.287 e. The van der Waals surface area contributed by atoms with E-state index < -0.39 is 21.7 Å². The molecule has 0 aliphatic heterocycles. The molecule has 0 radical (unpaired) electrons. The highest BCUT2D eigenvalue weighted by Crippen LogP contribution is 2.16. The Morgan fingerprint density at radius 2 is 1.67 bits per heavy atom. The number of fused-ring (bicyclic) bond motifs is 1. The molecule has 0 unspecified atom stereocenters. The monoisotopic (exact) mass is 466 g/mol. The van der Waals surface area contributed by atoms with Crippen LogP contribution in [0, 0.1) is 12.7 Å². The first-order chi connectivity index (χ1) is 15.8. The minimum atomic E-state index is -4.18. The van der Waals surface area contributed by atoms with Crippen LogP contribution in [-0.4, -0.2) is 24.1 Å². The number of sulfonamides is 1. The van der Waals surface area contributed by atoms with Gasteiger partial charge in [-0.3, -0.25) is 15.0 Å². The fraction of sp³-hybridized carbons (Fsp3) is 0.0870. The van der Waals surface area contributed by atoms with E-state index in [1.54, 1.807) is 24.3 Å². The lowest BCUT2D eigenvalue weighted by molar-refractivity contribution is 0.0939. The van der Waals surface area contributed by atoms with Crippen LogP contribution < -0.4 is 15.8 Å². The molecule has 0 saturated carbocycles. The van der Waals surface area contributed by atoms with Gasteiger partial charge in [0.2, 0.25) is 0 Å². The highest BCUT2D eigenvalue weighted by Gasteiger charge is 2.21. The smallest absolute Gasteiger partial charge is 0.272 e. The topological polar surface area (TPSA) is 110 Å². The Kier molecular flexibility index (Phi) is 6.03. The molecule has 0 bridgehead atoms. The van der Waals surface area contributed by atoms with Crippen molar-refractivity contribution in [3.8, 4) is 0 Å². The van der Waals surface area contributed by atoms with Crippen LogP contribution in [0.25, 0.3) is 10.8 Å². The molecule has 10 heteroatoms. The van der Waals surface area contributed by atoms with Crippen LogP contribution in [-0.2, 0) is 16.6 Å². The molecule has 0 atom stereocenters. The lowest BCUT2D eigenvalue weighted by atomic mass is 10.1. The molecule has 0 spiro atoms. The first kappa shape index (κ1) is 22.3. The Morgan fingerprint density at radius 3 is 2.36 bits per heavy atom. The minimum absolute atomic E-state index is 0.125. The van der Waals surface area contributed by atoms with Crippen molar-refractivity contribution in [2.75, 3.05) is 0 Å². The van der Waals surface area contributed by atoms with Gasteiger partial charge in [0.25, 0.3) is 21.5 Å². The quantitative estimate of drug-likeness (QED) is 0.425. The predicted molar refractivity (Wildman–Crippen MR) is 120 cm³/mol. The zero-order chi connectivity index (χ0) is 23.6. The molecule has 33 heavy (non-hydrogen) atoms. The molecule has 3 aromatic carbocycles. The van der Waals surface area contributed by atoms with Crippen molar-refractivity contribution in [3.63, 3.8) is 0 Å². The van der Waals surface area contributed by atoms with E-state index in [4.69, 9.17) is 0 Å². The van der Waals surface area contributed by atoms with Crippen LogP contribution in [0.2, 0.25) is 0 Å². The summed E-state index contributed by atoms with van der Waals surface area (Å²) in [5.41, 5.74) is 2.61. The number of carbonyl (C=O) groups excluding carboxylic acids is 1. The van der Waals surface area contributed by atoms with Gasteiger partial charge in [0.1, 0.15) is 5.82 Å². The first-order valence-corrected chi connectivity index (χ1v) is 11.4. The number of amides is 1. The molecule has 1 aromatic heterocycles. The van der Waals surface area contributed by atoms with Crippen molar-refractivity contribution in [3.05, 3.63) is 106 Å². The minimum Gasteiger partial charge on any atom is -0.272 e. The van der Waals surface area contributed by atoms with E-state index in [-0.39, 0.29) is 39.0 Å². The average Bonchev–Trinajstić information content (AvgIpc) is 2.80. The van der Waals surface area contributed by atoms with Gasteiger partial charge in [-0.15, -0.1) is 4.83 Å². The molecular formula is C23H19FN4O4S. The number of rotatable bonds is 6. The molecule has 4 rings (SSSR count). The summed E-state index contributed by atoms with van der Waals surface area (Å²) in [6.07, 6.45) is 0. The summed E-state index contributed by atoms with van der Waals surface area (Å²) >= 11 is 0. The van der Waals surface area contributed by atoms with Crippen LogP contribution in [0.15, 0.2) is 82.5 Å². The summed E-state index contributed by atoms with van der Waals surface area (Å²) < 4.78 is 39.7. The van der Waals surface area contributed by atoms with Gasteiger partial charge in [0, 0.05) is 5.39 Å². The Bertz CT molecular complexity index is 1520. The van der Waals surface area contributed by atoms with Crippen LogP contribution in [0.3, 0.4) is 0 Å². The first-order valence-electron chi connectivity index (χ1n) is 9.88. The number of halogens is 1. The van der Waals surface area contributed by atoms with Crippen LogP contribution in [0.4, 0.5) is 4.39 Å². The molecule has 8 nitrogen and oxygen atoms in total. The van der Waals surface area contributed by atoms with E-state index in [1.165, 1.54) is 6.92 Å². The van der Waals surface area contributed by atoms with Crippen LogP contribution in [0.1, 0.15) is 21.6 Å². The van der Waals surface area contributed by atoms with Gasteiger partial charge in [-0.25, -0.2) is 17.5 Å². The number of aromatic nitrogens is 2. The Labute approximate surface area is 188 Å². The summed E-state index contributed by atoms with van der Waals surface area (Å²) in [6.45, 7) is 1.57. The summed E-state index contributed by atoms with van der Waals surface area (Å²) in [6, 6.07) is 18.8. The second-order valence-corrected chi connectivity index (χ2v) is 8.96. The zero-order valence-electron chi connectivity index (χ0n) is 17.4. The molecule has 1 amide bonds. The Hall–Kier alpha value is -3.89. The molecule has 0 aliphatic rings. The molecular weight excluding hydrogens is 447 g/mol. The lowest BCUT2D eigenvalue weighted by Gasteiger charge is -2.13. The molecule has 1 heterocycles. The second-order valence-electron chi connectivity index (χ2n) is 7.31. The van der Waals surface area contributed by atoms with Gasteiger partial charge in [0.05, 0.1) is 16.8 Å². The van der Waals surface area contributed by atoms with Gasteiger partial charge in [-0.1, -0.05) is 48.5 Å². The maximum atomic E-state index is 13.3. The van der Waals surface area contributed by atoms with Gasteiger partial charge in [0.15, 0.2) is 5.69 Å². The van der Waals surface area contributed by atoms with Crippen LogP contribution >= 0.6 is 0 Å². The summed E-state index contributed by atoms with van der Waals surface area (Å²) in [5, 5.41) is 4.75. The lowest BCUT2D eigenvalue weighted by Crippen LogP contribution is -2.43. The third kappa shape index (κ3) is 4.66. The van der Waals surface area contributed by atoms with Gasteiger partial charge in [-0.2, -0.15) is 5.10 Å². The molecule has 0 fully saturated rings. The summed E-state index contributed by atoms with van der Waals surface area (Å²) in [7, 11) is -4.18. The van der Waals surface area contributed by atoms with Gasteiger partial charge < -0.3 is 0 Å². The van der Waals surface area contributed by atoms with Crippen molar-refractivity contribution in [1.82, 2.24) is 20.0 Å². The van der Waals surface area contributed by atoms with E-state index >= 15 is 0 Å². The van der Waals surface area contributed by atoms with E-state index in [0.29, 0.717) is 0 Å². The molecule has 168 valence electrons. The van der Waals surface area contributed by atoms with E-state index in [1.807, 2.05) is 35.2 Å². The second kappa shape index (κ2) is 8.93. The molecule has 2 N–H and O–H groups in total. The van der Waals surface area contributed by atoms with Crippen molar-refractivity contribution in [1.29, 1.82) is 0 Å². The maximum Gasteiger partial charge on any atom is 0.287 e. The Balaban J connectivity index is 1.67. The number of carbonyl (C=O) groups is 1. The normalized spacial score (nSPS) is 11.5. The number of hydrazine groups is 1. The SMILES string of the molecule is Cc1cc(F)ccc1S(=O)(=O)NNC(=O)c1nn(Cc2ccccc2)c(=O)c2ccccc12. The number of hydrogen-bond donors (Lipinski definition) is 2. The number of hydrogen-bond acceptors (Lipinski definition) is 5. The molecule has 0 saturated heterocycles. The number of benzene rings is 3. The van der Waals surface area contributed by atoms with E-state index in [0.717, 1.165) is 28.4 Å². The van der Waals surface area contributed by atoms with Crippen molar-refractivity contribution < 1.29 is 17.6 Å². The third-order valence-corrected chi connectivity index (χ3v) is 6.39. The van der Waals surface area contributed by atoms with Crippen molar-refractivity contribution >= 4 is 26.7 Å².